The van der Waals surface area contributed by atoms with E-state index in [0.29, 0.717) is 0 Å². The second-order valence-electron chi connectivity index (χ2n) is 7.00. The van der Waals surface area contributed by atoms with Gasteiger partial charge in [0, 0.05) is 24.5 Å². The van der Waals surface area contributed by atoms with E-state index in [-0.39, 0.29) is 17.1 Å². The maximum atomic E-state index is 2.41. The van der Waals surface area contributed by atoms with Gasteiger partial charge in [0.05, 0.1) is 0 Å². The van der Waals surface area contributed by atoms with Crippen molar-refractivity contribution in [3.05, 3.63) is 64.3 Å². The summed E-state index contributed by atoms with van der Waals surface area (Å²) in [5.74, 6) is 0. The van der Waals surface area contributed by atoms with E-state index in [0.717, 1.165) is 13.1 Å². The van der Waals surface area contributed by atoms with Crippen molar-refractivity contribution in [3.8, 4) is 0 Å². The first kappa shape index (κ1) is 18.9. The molecule has 1 saturated heterocycles. The molecular formula is C21H27CuN2. The predicted molar refractivity (Wildman–Crippen MR) is 100 cm³/mol. The van der Waals surface area contributed by atoms with Gasteiger partial charge in [0.15, 0.2) is 0 Å². The van der Waals surface area contributed by atoms with E-state index in [1.54, 1.807) is 0 Å². The summed E-state index contributed by atoms with van der Waals surface area (Å²) in [5, 5.41) is 0. The summed E-state index contributed by atoms with van der Waals surface area (Å²) < 4.78 is 0. The van der Waals surface area contributed by atoms with Crippen LogP contribution in [0.15, 0.2) is 24.3 Å². The summed E-state index contributed by atoms with van der Waals surface area (Å²) in [6.45, 7) is 17.6. The van der Waals surface area contributed by atoms with Crippen molar-refractivity contribution in [2.24, 2.45) is 0 Å². The third-order valence-electron chi connectivity index (χ3n) is 4.71. The fourth-order valence-corrected chi connectivity index (χ4v) is 4.09. The van der Waals surface area contributed by atoms with Gasteiger partial charge in [0.25, 0.3) is 0 Å². The van der Waals surface area contributed by atoms with Crippen LogP contribution in [-0.4, -0.2) is 13.1 Å². The Balaban J connectivity index is 0.00000208. The monoisotopic (exact) mass is 370 g/mol. The topological polar surface area (TPSA) is 6.48 Å². The van der Waals surface area contributed by atoms with Crippen LogP contribution in [0.5, 0.6) is 0 Å². The van der Waals surface area contributed by atoms with Crippen LogP contribution in [0.1, 0.15) is 33.4 Å². The molecule has 0 N–H and O–H groups in total. The van der Waals surface area contributed by atoms with Gasteiger partial charge in [0.2, 0.25) is 0 Å². The summed E-state index contributed by atoms with van der Waals surface area (Å²) in [7, 11) is 0. The second-order valence-corrected chi connectivity index (χ2v) is 7.00. The van der Waals surface area contributed by atoms with E-state index < -0.39 is 0 Å². The predicted octanol–water partition coefficient (Wildman–Crippen LogP) is 4.98. The van der Waals surface area contributed by atoms with Crippen LogP contribution in [0.3, 0.4) is 0 Å². The van der Waals surface area contributed by atoms with E-state index in [1.165, 1.54) is 44.8 Å². The Hall–Kier alpha value is -1.44. The summed E-state index contributed by atoms with van der Waals surface area (Å²) >= 11 is 0. The molecule has 1 fully saturated rings. The third-order valence-corrected chi connectivity index (χ3v) is 4.71. The van der Waals surface area contributed by atoms with E-state index in [1.807, 2.05) is 0 Å². The maximum Gasteiger partial charge on any atom is 1.00 e. The van der Waals surface area contributed by atoms with Gasteiger partial charge in [-0.2, -0.15) is 6.67 Å². The zero-order chi connectivity index (χ0) is 16.7. The van der Waals surface area contributed by atoms with Gasteiger partial charge < -0.3 is 9.80 Å². The van der Waals surface area contributed by atoms with Crippen molar-refractivity contribution in [1.29, 1.82) is 0 Å². The molecule has 0 radical (unpaired) electrons. The van der Waals surface area contributed by atoms with E-state index in [4.69, 9.17) is 0 Å². The normalized spacial score (nSPS) is 14.1. The molecule has 2 aromatic rings. The molecule has 1 heterocycles. The van der Waals surface area contributed by atoms with Crippen LogP contribution in [0.2, 0.25) is 0 Å². The summed E-state index contributed by atoms with van der Waals surface area (Å²) in [4.78, 5) is 4.81. The minimum Gasteiger partial charge on any atom is -0.502 e. The zero-order valence-electron chi connectivity index (χ0n) is 15.5. The van der Waals surface area contributed by atoms with Gasteiger partial charge in [-0.05, 0) is 63.8 Å². The summed E-state index contributed by atoms with van der Waals surface area (Å²) in [5.41, 5.74) is 10.8. The number of anilines is 2. The Morgan fingerprint density at radius 1 is 0.625 bits per heavy atom. The molecule has 1 aliphatic rings. The first-order valence-corrected chi connectivity index (χ1v) is 8.41. The van der Waals surface area contributed by atoms with Crippen LogP contribution < -0.4 is 9.80 Å². The van der Waals surface area contributed by atoms with Gasteiger partial charge >= 0.3 is 17.1 Å². The van der Waals surface area contributed by atoms with Crippen LogP contribution in [0.4, 0.5) is 11.4 Å². The fraction of sp³-hybridized carbons (Fsp3) is 0.381. The van der Waals surface area contributed by atoms with Crippen molar-refractivity contribution >= 4 is 11.4 Å². The molecule has 2 nitrogen and oxygen atoms in total. The maximum absolute atomic E-state index is 2.41. The van der Waals surface area contributed by atoms with Crippen LogP contribution in [0, 0.1) is 48.2 Å². The van der Waals surface area contributed by atoms with Gasteiger partial charge in [-0.15, -0.1) is 0 Å². The SMILES string of the molecule is Cc1cc(C)c(N2[CH-]N(c3c(C)cc(C)cc3C)CC2)c(C)c1.[Cu+]. The molecule has 0 aromatic heterocycles. The van der Waals surface area contributed by atoms with Gasteiger partial charge in [0.1, 0.15) is 0 Å². The van der Waals surface area contributed by atoms with Crippen LogP contribution in [0.25, 0.3) is 0 Å². The third kappa shape index (κ3) is 3.48. The number of nitrogens with zero attached hydrogens (tertiary/aromatic N) is 2. The fourth-order valence-electron chi connectivity index (χ4n) is 4.09. The minimum atomic E-state index is 0. The van der Waals surface area contributed by atoms with E-state index >= 15 is 0 Å². The molecule has 0 amide bonds. The quantitative estimate of drug-likeness (QED) is 0.543. The number of benzene rings is 2. The smallest absolute Gasteiger partial charge is 0.502 e. The Kier molecular flexibility index (Phi) is 5.67. The first-order chi connectivity index (χ1) is 10.9. The van der Waals surface area contributed by atoms with Crippen molar-refractivity contribution in [1.82, 2.24) is 0 Å². The molecule has 0 spiro atoms. The van der Waals surface area contributed by atoms with Crippen molar-refractivity contribution in [2.75, 3.05) is 22.9 Å². The molecule has 3 rings (SSSR count). The Bertz CT molecular complexity index is 642. The second kappa shape index (κ2) is 7.21. The van der Waals surface area contributed by atoms with Crippen molar-refractivity contribution in [2.45, 2.75) is 41.5 Å². The number of rotatable bonds is 2. The largest absolute Gasteiger partial charge is 1.00 e. The van der Waals surface area contributed by atoms with Crippen LogP contribution in [-0.2, 0) is 17.1 Å². The summed E-state index contributed by atoms with van der Waals surface area (Å²) in [6, 6.07) is 9.12. The van der Waals surface area contributed by atoms with Crippen LogP contribution >= 0.6 is 0 Å². The molecular weight excluding hydrogens is 344 g/mol. The molecule has 2 aromatic carbocycles. The first-order valence-electron chi connectivity index (χ1n) is 8.41. The standard InChI is InChI=1S/C21H27N2.Cu/c1-14-9-16(3)20(17(4)10-14)22-7-8-23(13-22)21-18(5)11-15(2)12-19(21)6;/h9-13H,7-8H2,1-6H3;/q-1;+1. The van der Waals surface area contributed by atoms with Gasteiger partial charge in [-0.1, -0.05) is 35.4 Å². The minimum absolute atomic E-state index is 0. The van der Waals surface area contributed by atoms with Gasteiger partial charge in [-0.25, -0.2) is 0 Å². The molecule has 0 bridgehead atoms. The molecule has 1 aliphatic heterocycles. The van der Waals surface area contributed by atoms with Crippen molar-refractivity contribution < 1.29 is 17.1 Å². The average Bonchev–Trinajstić information content (AvgIpc) is 2.85. The number of hydrogen-bond acceptors (Lipinski definition) is 2. The zero-order valence-corrected chi connectivity index (χ0v) is 16.4. The summed E-state index contributed by atoms with van der Waals surface area (Å²) in [6.07, 6.45) is 0. The molecule has 0 atom stereocenters. The molecule has 3 heteroatoms. The number of hydrogen-bond donors (Lipinski definition) is 0. The van der Waals surface area contributed by atoms with Crippen molar-refractivity contribution in [3.63, 3.8) is 0 Å². The van der Waals surface area contributed by atoms with E-state index in [9.17, 15) is 0 Å². The Labute approximate surface area is 157 Å². The molecule has 0 saturated carbocycles. The molecule has 132 valence electrons. The molecule has 24 heavy (non-hydrogen) atoms. The average molecular weight is 371 g/mol. The number of aryl methyl sites for hydroxylation is 6. The molecule has 0 aliphatic carbocycles. The molecule has 0 unspecified atom stereocenters. The Morgan fingerprint density at radius 3 is 1.21 bits per heavy atom. The van der Waals surface area contributed by atoms with Gasteiger partial charge in [-0.3, -0.25) is 0 Å². The van der Waals surface area contributed by atoms with E-state index in [2.05, 4.69) is 82.3 Å². The Morgan fingerprint density at radius 2 is 0.917 bits per heavy atom.